The molecule has 1 aromatic heterocycles. The molecule has 0 aliphatic heterocycles. The van der Waals surface area contributed by atoms with Gasteiger partial charge in [-0.2, -0.15) is 0 Å². The summed E-state index contributed by atoms with van der Waals surface area (Å²) in [5.74, 6) is -0.329. The first-order valence-electron chi connectivity index (χ1n) is 1.86. The summed E-state index contributed by atoms with van der Waals surface area (Å²) in [7, 11) is 0. The van der Waals surface area contributed by atoms with Gasteiger partial charge < -0.3 is 0 Å². The van der Waals surface area contributed by atoms with Crippen LogP contribution in [-0.2, 0) is 0 Å². The second-order valence-electron chi connectivity index (χ2n) is 1.11. The fourth-order valence-electron chi connectivity index (χ4n) is 0.303. The van der Waals surface area contributed by atoms with E-state index in [1.54, 1.807) is 0 Å². The monoisotopic (exact) mass is 114 g/mol. The molecule has 5 heteroatoms. The Labute approximate surface area is 44.0 Å². The number of nitrogens with zero attached hydrogens (tertiary/aromatic N) is 2. The van der Waals surface area contributed by atoms with Crippen LogP contribution in [0.1, 0.15) is 0 Å². The number of hydrogen-bond acceptors (Lipinski definition) is 4. The van der Waals surface area contributed by atoms with Gasteiger partial charge in [-0.25, -0.2) is 0 Å². The molecule has 0 unspecified atom stereocenters. The van der Waals surface area contributed by atoms with Gasteiger partial charge in [-0.15, -0.1) is 0 Å². The first kappa shape index (κ1) is 4.76. The summed E-state index contributed by atoms with van der Waals surface area (Å²) >= 11 is 0. The molecule has 1 heterocycles. The van der Waals surface area contributed by atoms with Crippen molar-refractivity contribution < 1.29 is 9.45 Å². The van der Waals surface area contributed by atoms with E-state index >= 15 is 0 Å². The third-order valence-corrected chi connectivity index (χ3v) is 0.604. The van der Waals surface area contributed by atoms with Crippen molar-refractivity contribution in [2.24, 2.45) is 0 Å². The highest BCUT2D eigenvalue weighted by atomic mass is 16.7. The van der Waals surface area contributed by atoms with Gasteiger partial charge in [0.2, 0.25) is 0 Å². The van der Waals surface area contributed by atoms with Crippen molar-refractivity contribution in [1.82, 2.24) is 5.16 Å². The summed E-state index contributed by atoms with van der Waals surface area (Å²) in [6.07, 6.45) is 1.22. The van der Waals surface area contributed by atoms with E-state index < -0.39 is 4.92 Å². The summed E-state index contributed by atoms with van der Waals surface area (Å²) in [4.78, 5) is 9.09. The Kier molecular flexibility index (Phi) is 0.957. The SMILES string of the molecule is O=[N+]([O-])c1ccno1. The predicted molar refractivity (Wildman–Crippen MR) is 23.2 cm³/mol. The first-order chi connectivity index (χ1) is 3.80. The van der Waals surface area contributed by atoms with Crippen molar-refractivity contribution in [2.75, 3.05) is 0 Å². The second-order valence-corrected chi connectivity index (χ2v) is 1.11. The molecule has 8 heavy (non-hydrogen) atoms. The van der Waals surface area contributed by atoms with Crippen LogP contribution in [0.15, 0.2) is 16.8 Å². The molecule has 0 amide bonds. The highest BCUT2D eigenvalue weighted by Gasteiger charge is 2.06. The number of hydrogen-bond donors (Lipinski definition) is 0. The number of rotatable bonds is 1. The van der Waals surface area contributed by atoms with Crippen LogP contribution >= 0.6 is 0 Å². The highest BCUT2D eigenvalue weighted by molar-refractivity contribution is 5.07. The molecule has 0 aromatic carbocycles. The van der Waals surface area contributed by atoms with Crippen molar-refractivity contribution in [2.45, 2.75) is 0 Å². The van der Waals surface area contributed by atoms with E-state index in [1.807, 2.05) is 0 Å². The first-order valence-corrected chi connectivity index (χ1v) is 1.86. The summed E-state index contributed by atoms with van der Waals surface area (Å²) in [6, 6.07) is 1.18. The van der Waals surface area contributed by atoms with Crippen molar-refractivity contribution in [3.8, 4) is 0 Å². The normalized spacial score (nSPS) is 9.00. The van der Waals surface area contributed by atoms with E-state index in [-0.39, 0.29) is 5.88 Å². The van der Waals surface area contributed by atoms with E-state index in [0.29, 0.717) is 0 Å². The summed E-state index contributed by atoms with van der Waals surface area (Å²) in [5, 5.41) is 12.9. The van der Waals surface area contributed by atoms with Gasteiger partial charge in [0.25, 0.3) is 0 Å². The van der Waals surface area contributed by atoms with Gasteiger partial charge in [-0.3, -0.25) is 14.6 Å². The standard InChI is InChI=1S/C3H2N2O3/c6-5(7)3-1-2-4-8-3/h1-2H. The van der Waals surface area contributed by atoms with E-state index in [0.717, 1.165) is 0 Å². The van der Waals surface area contributed by atoms with Crippen LogP contribution in [-0.4, -0.2) is 10.1 Å². The molecule has 5 nitrogen and oxygen atoms in total. The largest absolute Gasteiger partial charge is 0.455 e. The molecule has 0 bridgehead atoms. The third-order valence-electron chi connectivity index (χ3n) is 0.604. The maximum absolute atomic E-state index is 9.73. The van der Waals surface area contributed by atoms with Gasteiger partial charge in [-0.1, -0.05) is 5.16 Å². The Morgan fingerprint density at radius 1 is 1.88 bits per heavy atom. The van der Waals surface area contributed by atoms with E-state index in [1.165, 1.54) is 12.3 Å². The zero-order chi connectivity index (χ0) is 5.98. The summed E-state index contributed by atoms with van der Waals surface area (Å²) in [6.45, 7) is 0. The van der Waals surface area contributed by atoms with Crippen molar-refractivity contribution in [3.63, 3.8) is 0 Å². The summed E-state index contributed by atoms with van der Waals surface area (Å²) < 4.78 is 4.15. The molecular formula is C3H2N2O3. The fourth-order valence-corrected chi connectivity index (χ4v) is 0.303. The average molecular weight is 114 g/mol. The summed E-state index contributed by atoms with van der Waals surface area (Å²) in [5.41, 5.74) is 0. The molecule has 0 spiro atoms. The molecular weight excluding hydrogens is 112 g/mol. The quantitative estimate of drug-likeness (QED) is 0.395. The van der Waals surface area contributed by atoms with Crippen LogP contribution in [0, 0.1) is 10.1 Å². The van der Waals surface area contributed by atoms with Crippen LogP contribution in [0.25, 0.3) is 0 Å². The molecule has 0 fully saturated rings. The Bertz CT molecular complexity index is 180. The average Bonchev–Trinajstić information content (AvgIpc) is 2.12. The van der Waals surface area contributed by atoms with Crippen molar-refractivity contribution in [1.29, 1.82) is 0 Å². The van der Waals surface area contributed by atoms with Gasteiger partial charge in [0, 0.05) is 0 Å². The third kappa shape index (κ3) is 0.651. The molecule has 0 saturated carbocycles. The van der Waals surface area contributed by atoms with E-state index in [4.69, 9.17) is 0 Å². The van der Waals surface area contributed by atoms with Crippen LogP contribution in [0.3, 0.4) is 0 Å². The van der Waals surface area contributed by atoms with Gasteiger partial charge in [0.15, 0.2) is 0 Å². The number of nitro groups is 1. The Morgan fingerprint density at radius 2 is 2.62 bits per heavy atom. The molecule has 0 atom stereocenters. The lowest BCUT2D eigenvalue weighted by molar-refractivity contribution is -0.404. The Balaban J connectivity index is 2.93. The molecule has 0 saturated heterocycles. The Hall–Kier alpha value is -1.39. The van der Waals surface area contributed by atoms with Crippen LogP contribution in [0.5, 0.6) is 0 Å². The fraction of sp³-hybridized carbons (Fsp3) is 0. The molecule has 0 aliphatic rings. The van der Waals surface area contributed by atoms with Gasteiger partial charge >= 0.3 is 5.88 Å². The van der Waals surface area contributed by atoms with Crippen molar-refractivity contribution in [3.05, 3.63) is 22.4 Å². The zero-order valence-corrected chi connectivity index (χ0v) is 3.77. The molecule has 0 radical (unpaired) electrons. The predicted octanol–water partition coefficient (Wildman–Crippen LogP) is 0.583. The highest BCUT2D eigenvalue weighted by Crippen LogP contribution is 2.05. The number of aromatic nitrogens is 1. The molecule has 1 aromatic rings. The molecule has 0 aliphatic carbocycles. The zero-order valence-electron chi connectivity index (χ0n) is 3.77. The van der Waals surface area contributed by atoms with Crippen LogP contribution < -0.4 is 0 Å². The molecule has 1 rings (SSSR count). The maximum atomic E-state index is 9.73. The second kappa shape index (κ2) is 1.61. The molecule has 42 valence electrons. The lowest BCUT2D eigenvalue weighted by Gasteiger charge is -1.74. The van der Waals surface area contributed by atoms with E-state index in [9.17, 15) is 10.1 Å². The smallest absolute Gasteiger partial charge is 0.289 e. The van der Waals surface area contributed by atoms with Gasteiger partial charge in [0.1, 0.15) is 4.92 Å². The van der Waals surface area contributed by atoms with Crippen molar-refractivity contribution >= 4 is 5.88 Å². The molecule has 0 N–H and O–H groups in total. The minimum absolute atomic E-state index is 0.329. The van der Waals surface area contributed by atoms with E-state index in [2.05, 4.69) is 9.68 Å². The minimum atomic E-state index is -0.646. The lowest BCUT2D eigenvalue weighted by Crippen LogP contribution is -1.82. The van der Waals surface area contributed by atoms with Gasteiger partial charge in [0.05, 0.1) is 12.3 Å². The minimum Gasteiger partial charge on any atom is -0.289 e. The Morgan fingerprint density at radius 3 is 2.88 bits per heavy atom. The van der Waals surface area contributed by atoms with Gasteiger partial charge in [-0.05, 0) is 0 Å². The topological polar surface area (TPSA) is 69.2 Å². The van der Waals surface area contributed by atoms with Crippen LogP contribution in [0.4, 0.5) is 5.88 Å². The maximum Gasteiger partial charge on any atom is 0.455 e. The van der Waals surface area contributed by atoms with Crippen LogP contribution in [0.2, 0.25) is 0 Å². The lowest BCUT2D eigenvalue weighted by atomic mass is 10.7.